The largest absolute Gasteiger partial charge is 0.357 e. The summed E-state index contributed by atoms with van der Waals surface area (Å²) in [4.78, 5) is 3.61. The molecule has 18 heavy (non-hydrogen) atoms. The van der Waals surface area contributed by atoms with Gasteiger partial charge in [-0.3, -0.25) is 0 Å². The van der Waals surface area contributed by atoms with Crippen LogP contribution in [-0.4, -0.2) is 11.0 Å². The highest BCUT2D eigenvalue weighted by Gasteiger charge is 2.37. The zero-order valence-electron chi connectivity index (χ0n) is 10.9. The van der Waals surface area contributed by atoms with E-state index in [-0.39, 0.29) is 0 Å². The summed E-state index contributed by atoms with van der Waals surface area (Å²) in [5.74, 6) is 1.51. The standard InChI is InChI=1S/C16H20N2/c1-10-5-4-8-13-15(10)16-11-6-2-3-7-12(11)18-14(16)9-17-13/h2-3,6-7,10,13,15,17-18H,4-5,8-9H2,1H3. The van der Waals surface area contributed by atoms with Crippen LogP contribution in [0.3, 0.4) is 0 Å². The summed E-state index contributed by atoms with van der Waals surface area (Å²) in [6.07, 6.45) is 4.10. The highest BCUT2D eigenvalue weighted by Crippen LogP contribution is 2.44. The first-order valence-corrected chi connectivity index (χ1v) is 7.17. The van der Waals surface area contributed by atoms with Crippen LogP contribution in [0.1, 0.15) is 43.4 Å². The Morgan fingerprint density at radius 2 is 2.06 bits per heavy atom. The Morgan fingerprint density at radius 1 is 1.17 bits per heavy atom. The Morgan fingerprint density at radius 3 is 3.00 bits per heavy atom. The number of rotatable bonds is 0. The molecule has 2 nitrogen and oxygen atoms in total. The number of benzene rings is 1. The van der Waals surface area contributed by atoms with Gasteiger partial charge >= 0.3 is 0 Å². The lowest BCUT2D eigenvalue weighted by Crippen LogP contribution is -2.44. The smallest absolute Gasteiger partial charge is 0.0459 e. The molecule has 2 aromatic rings. The lowest BCUT2D eigenvalue weighted by Gasteiger charge is -2.40. The van der Waals surface area contributed by atoms with Gasteiger partial charge in [0.25, 0.3) is 0 Å². The molecular formula is C16H20N2. The average molecular weight is 240 g/mol. The first kappa shape index (κ1) is 10.6. The summed E-state index contributed by atoms with van der Waals surface area (Å²) in [6.45, 7) is 3.44. The van der Waals surface area contributed by atoms with Crippen LogP contribution in [0.15, 0.2) is 24.3 Å². The van der Waals surface area contributed by atoms with Gasteiger partial charge in [0.15, 0.2) is 0 Å². The zero-order chi connectivity index (χ0) is 12.1. The lowest BCUT2D eigenvalue weighted by molar-refractivity contribution is 0.240. The van der Waals surface area contributed by atoms with Crippen molar-refractivity contribution in [3.8, 4) is 0 Å². The number of nitrogens with one attached hydrogen (secondary N) is 2. The summed E-state index contributed by atoms with van der Waals surface area (Å²) in [7, 11) is 0. The highest BCUT2D eigenvalue weighted by molar-refractivity contribution is 5.85. The van der Waals surface area contributed by atoms with E-state index in [1.54, 1.807) is 5.56 Å². The van der Waals surface area contributed by atoms with Crippen LogP contribution in [-0.2, 0) is 6.54 Å². The van der Waals surface area contributed by atoms with Crippen LogP contribution in [0.25, 0.3) is 10.9 Å². The molecule has 0 radical (unpaired) electrons. The minimum atomic E-state index is 0.695. The molecule has 2 heterocycles. The van der Waals surface area contributed by atoms with E-state index in [4.69, 9.17) is 0 Å². The van der Waals surface area contributed by atoms with Crippen molar-refractivity contribution in [2.75, 3.05) is 0 Å². The number of aromatic nitrogens is 1. The van der Waals surface area contributed by atoms with Crippen LogP contribution in [0, 0.1) is 5.92 Å². The third-order valence-electron chi connectivity index (χ3n) is 4.92. The summed E-state index contributed by atoms with van der Waals surface area (Å²) in [6, 6.07) is 9.48. The van der Waals surface area contributed by atoms with E-state index in [0.717, 1.165) is 12.5 Å². The third-order valence-corrected chi connectivity index (χ3v) is 4.92. The Hall–Kier alpha value is -1.28. The Labute approximate surface area is 108 Å². The van der Waals surface area contributed by atoms with Crippen molar-refractivity contribution >= 4 is 10.9 Å². The number of hydrogen-bond donors (Lipinski definition) is 2. The van der Waals surface area contributed by atoms with E-state index < -0.39 is 0 Å². The van der Waals surface area contributed by atoms with Crippen LogP contribution in [0.4, 0.5) is 0 Å². The maximum absolute atomic E-state index is 3.74. The normalized spacial score (nSPS) is 31.1. The molecule has 4 rings (SSSR count). The van der Waals surface area contributed by atoms with Crippen molar-refractivity contribution in [2.45, 2.75) is 44.7 Å². The van der Waals surface area contributed by atoms with Gasteiger partial charge in [0, 0.05) is 35.1 Å². The molecule has 3 atom stereocenters. The Bertz CT molecular complexity index is 584. The molecule has 0 spiro atoms. The summed E-state index contributed by atoms with van der Waals surface area (Å²) >= 11 is 0. The van der Waals surface area contributed by atoms with Gasteiger partial charge in [-0.2, -0.15) is 0 Å². The van der Waals surface area contributed by atoms with Gasteiger partial charge in [0.05, 0.1) is 0 Å². The topological polar surface area (TPSA) is 27.8 Å². The van der Waals surface area contributed by atoms with Crippen LogP contribution in [0.5, 0.6) is 0 Å². The Kier molecular flexibility index (Phi) is 2.28. The number of H-pyrrole nitrogens is 1. The molecule has 1 aromatic carbocycles. The second-order valence-electron chi connectivity index (χ2n) is 5.98. The fraction of sp³-hybridized carbons (Fsp3) is 0.500. The fourth-order valence-corrected chi connectivity index (χ4v) is 4.10. The lowest BCUT2D eigenvalue weighted by atomic mass is 9.71. The summed E-state index contributed by atoms with van der Waals surface area (Å²) in [5.41, 5.74) is 4.34. The van der Waals surface area contributed by atoms with Gasteiger partial charge in [-0.15, -0.1) is 0 Å². The Balaban J connectivity index is 1.93. The van der Waals surface area contributed by atoms with E-state index in [9.17, 15) is 0 Å². The van der Waals surface area contributed by atoms with Crippen molar-refractivity contribution in [3.63, 3.8) is 0 Å². The van der Waals surface area contributed by atoms with Crippen LogP contribution >= 0.6 is 0 Å². The van der Waals surface area contributed by atoms with Gasteiger partial charge in [-0.1, -0.05) is 38.0 Å². The molecular weight excluding hydrogens is 220 g/mol. The molecule has 1 aliphatic heterocycles. The van der Waals surface area contributed by atoms with Crippen molar-refractivity contribution in [2.24, 2.45) is 5.92 Å². The number of para-hydroxylation sites is 1. The second kappa shape index (κ2) is 3.86. The molecule has 1 aromatic heterocycles. The molecule has 0 bridgehead atoms. The van der Waals surface area contributed by atoms with Crippen molar-refractivity contribution < 1.29 is 0 Å². The van der Waals surface area contributed by atoms with Gasteiger partial charge in [0.2, 0.25) is 0 Å². The van der Waals surface area contributed by atoms with Gasteiger partial charge in [0.1, 0.15) is 0 Å². The quantitative estimate of drug-likeness (QED) is 0.724. The van der Waals surface area contributed by atoms with Crippen LogP contribution < -0.4 is 5.32 Å². The molecule has 2 heteroatoms. The fourth-order valence-electron chi connectivity index (χ4n) is 4.10. The summed E-state index contributed by atoms with van der Waals surface area (Å²) < 4.78 is 0. The van der Waals surface area contributed by atoms with E-state index in [1.807, 2.05) is 0 Å². The van der Waals surface area contributed by atoms with Crippen molar-refractivity contribution in [1.82, 2.24) is 10.3 Å². The molecule has 2 N–H and O–H groups in total. The van der Waals surface area contributed by atoms with Gasteiger partial charge in [-0.25, -0.2) is 0 Å². The molecule has 1 aliphatic carbocycles. The van der Waals surface area contributed by atoms with Gasteiger partial charge < -0.3 is 10.3 Å². The molecule has 3 unspecified atom stereocenters. The van der Waals surface area contributed by atoms with E-state index in [0.29, 0.717) is 12.0 Å². The maximum Gasteiger partial charge on any atom is 0.0459 e. The van der Waals surface area contributed by atoms with E-state index >= 15 is 0 Å². The molecule has 1 saturated carbocycles. The van der Waals surface area contributed by atoms with Gasteiger partial charge in [-0.05, 0) is 24.0 Å². The third kappa shape index (κ3) is 1.39. The average Bonchev–Trinajstić information content (AvgIpc) is 2.77. The number of aromatic amines is 1. The van der Waals surface area contributed by atoms with Crippen molar-refractivity contribution in [3.05, 3.63) is 35.5 Å². The molecule has 1 fully saturated rings. The minimum Gasteiger partial charge on any atom is -0.357 e. The zero-order valence-corrected chi connectivity index (χ0v) is 10.9. The predicted molar refractivity (Wildman–Crippen MR) is 74.7 cm³/mol. The number of fused-ring (bicyclic) bond motifs is 5. The molecule has 94 valence electrons. The SMILES string of the molecule is CC1CCCC2NCc3[nH]c4ccccc4c3C12. The first-order valence-electron chi connectivity index (χ1n) is 7.17. The second-order valence-corrected chi connectivity index (χ2v) is 5.98. The monoisotopic (exact) mass is 240 g/mol. The van der Waals surface area contributed by atoms with Crippen molar-refractivity contribution in [1.29, 1.82) is 0 Å². The molecule has 0 amide bonds. The summed E-state index contributed by atoms with van der Waals surface area (Å²) in [5, 5.41) is 5.19. The van der Waals surface area contributed by atoms with Crippen LogP contribution in [0.2, 0.25) is 0 Å². The molecule has 0 saturated heterocycles. The van der Waals surface area contributed by atoms with E-state index in [2.05, 4.69) is 41.5 Å². The number of hydrogen-bond acceptors (Lipinski definition) is 1. The highest BCUT2D eigenvalue weighted by atomic mass is 15.0. The van der Waals surface area contributed by atoms with E-state index in [1.165, 1.54) is 35.9 Å². The minimum absolute atomic E-state index is 0.695. The molecule has 2 aliphatic rings. The first-order chi connectivity index (χ1) is 8.84. The maximum atomic E-state index is 3.74. The predicted octanol–water partition coefficient (Wildman–Crippen LogP) is 3.54.